The third-order valence-corrected chi connectivity index (χ3v) is 7.00. The van der Waals surface area contributed by atoms with Crippen molar-refractivity contribution in [1.29, 1.82) is 0 Å². The maximum Gasteiger partial charge on any atom is 0.344 e. The highest BCUT2D eigenvalue weighted by Gasteiger charge is 2.34. The Morgan fingerprint density at radius 3 is 2.28 bits per heavy atom. The number of amides is 1. The third kappa shape index (κ3) is 6.02. The minimum atomic E-state index is -0.761. The molecule has 9 heteroatoms. The minimum absolute atomic E-state index is 0.0580. The number of ether oxygens (including phenoxy) is 3. The number of methoxy groups -OCH3 is 2. The predicted octanol–water partition coefficient (Wildman–Crippen LogP) is 6.47. The lowest BCUT2D eigenvalue weighted by atomic mass is 9.87. The van der Waals surface area contributed by atoms with E-state index in [0.717, 1.165) is 17.3 Å². The molecule has 2 aromatic rings. The van der Waals surface area contributed by atoms with E-state index in [-0.39, 0.29) is 28.4 Å². The van der Waals surface area contributed by atoms with Crippen molar-refractivity contribution in [2.75, 3.05) is 20.8 Å². The summed E-state index contributed by atoms with van der Waals surface area (Å²) in [6, 6.07) is 10.6. The van der Waals surface area contributed by atoms with Crippen LogP contribution in [0.15, 0.2) is 62.1 Å². The van der Waals surface area contributed by atoms with Gasteiger partial charge in [0.1, 0.15) is 27.9 Å². The van der Waals surface area contributed by atoms with Crippen LogP contribution in [0.5, 0.6) is 11.5 Å². The number of halogens is 1. The average molecular weight is 574 g/mol. The smallest absolute Gasteiger partial charge is 0.344 e. The quantitative estimate of drug-likeness (QED) is 0.396. The van der Waals surface area contributed by atoms with Crippen molar-refractivity contribution < 1.29 is 28.9 Å². The summed E-state index contributed by atoms with van der Waals surface area (Å²) >= 11 is 4.45. The summed E-state index contributed by atoms with van der Waals surface area (Å²) < 4.78 is 16.6. The molecule has 190 valence electrons. The van der Waals surface area contributed by atoms with Crippen LogP contribution in [0.3, 0.4) is 0 Å². The first kappa shape index (κ1) is 27.5. The lowest BCUT2D eigenvalue weighted by Crippen LogP contribution is -2.14. The maximum absolute atomic E-state index is 13.0. The van der Waals surface area contributed by atoms with Crippen molar-refractivity contribution in [1.82, 2.24) is 0 Å². The van der Waals surface area contributed by atoms with Crippen molar-refractivity contribution in [3.63, 3.8) is 0 Å². The van der Waals surface area contributed by atoms with Gasteiger partial charge in [-0.05, 0) is 58.1 Å². The third-order valence-electron chi connectivity index (χ3n) is 5.36. The molecule has 0 radical (unpaired) electrons. The molecule has 0 unspecified atom stereocenters. The second kappa shape index (κ2) is 11.3. The molecule has 0 aliphatic carbocycles. The van der Waals surface area contributed by atoms with Crippen LogP contribution >= 0.6 is 27.7 Å². The van der Waals surface area contributed by atoms with Crippen LogP contribution in [-0.4, -0.2) is 42.9 Å². The molecule has 1 aliphatic rings. The normalized spacial score (nSPS) is 16.0. The Balaban J connectivity index is 2.03. The summed E-state index contributed by atoms with van der Waals surface area (Å²) in [5, 5.41) is 11.0. The summed E-state index contributed by atoms with van der Waals surface area (Å²) in [5.74, 6) is -0.538. The zero-order chi connectivity index (χ0) is 26.6. The van der Waals surface area contributed by atoms with E-state index in [9.17, 15) is 14.7 Å². The highest BCUT2D eigenvalue weighted by molar-refractivity contribution is 9.10. The fourth-order valence-electron chi connectivity index (χ4n) is 3.40. The second-order valence-corrected chi connectivity index (χ2v) is 10.7. The Morgan fingerprint density at radius 2 is 1.72 bits per heavy atom. The van der Waals surface area contributed by atoms with Crippen LogP contribution in [0.2, 0.25) is 0 Å². The van der Waals surface area contributed by atoms with Gasteiger partial charge in [-0.25, -0.2) is 9.79 Å². The summed E-state index contributed by atoms with van der Waals surface area (Å²) in [6.07, 6.45) is 1.65. The molecule has 7 nitrogen and oxygen atoms in total. The van der Waals surface area contributed by atoms with Gasteiger partial charge in [0.25, 0.3) is 5.91 Å². The number of carbonyl (C=O) groups excluding carboxylic acids is 2. The number of hydrogen-bond donors (Lipinski definition) is 1. The molecule has 3 rings (SSSR count). The number of aliphatic imine (C=N–C) groups is 1. The molecule has 2 aromatic carbocycles. The van der Waals surface area contributed by atoms with Gasteiger partial charge in [-0.1, -0.05) is 44.7 Å². The SMILES string of the molecule is CCOC(=O)C1=C(O)C(=Cc2cc(Br)c(OC)cc2OC)SC1=NC(=O)c1ccc(C(C)(C)C)cc1. The number of aliphatic hydroxyl groups is 1. The van der Waals surface area contributed by atoms with Crippen LogP contribution in [-0.2, 0) is 14.9 Å². The Bertz CT molecular complexity index is 1270. The summed E-state index contributed by atoms with van der Waals surface area (Å²) in [7, 11) is 3.06. The first-order valence-electron chi connectivity index (χ1n) is 11.2. The van der Waals surface area contributed by atoms with Crippen LogP contribution in [0.25, 0.3) is 6.08 Å². The molecular weight excluding hydrogens is 546 g/mol. The zero-order valence-corrected chi connectivity index (χ0v) is 23.4. The summed E-state index contributed by atoms with van der Waals surface area (Å²) in [6.45, 7) is 8.02. The molecule has 0 atom stereocenters. The minimum Gasteiger partial charge on any atom is -0.506 e. The first-order valence-corrected chi connectivity index (χ1v) is 12.8. The second-order valence-electron chi connectivity index (χ2n) is 8.83. The van der Waals surface area contributed by atoms with Gasteiger partial charge in [0.2, 0.25) is 0 Å². The van der Waals surface area contributed by atoms with Gasteiger partial charge in [-0.3, -0.25) is 4.79 Å². The number of hydrogen-bond acceptors (Lipinski definition) is 7. The summed E-state index contributed by atoms with van der Waals surface area (Å²) in [5.41, 5.74) is 1.86. The van der Waals surface area contributed by atoms with E-state index < -0.39 is 11.9 Å². The van der Waals surface area contributed by atoms with Crippen LogP contribution in [0.1, 0.15) is 49.2 Å². The number of benzene rings is 2. The summed E-state index contributed by atoms with van der Waals surface area (Å²) in [4.78, 5) is 30.1. The van der Waals surface area contributed by atoms with Gasteiger partial charge in [-0.15, -0.1) is 0 Å². The first-order chi connectivity index (χ1) is 17.0. The number of nitrogens with zero attached hydrogens (tertiary/aromatic N) is 1. The predicted molar refractivity (Wildman–Crippen MR) is 146 cm³/mol. The highest BCUT2D eigenvalue weighted by Crippen LogP contribution is 2.42. The Labute approximate surface area is 223 Å². The topological polar surface area (TPSA) is 94.4 Å². The monoisotopic (exact) mass is 573 g/mol. The molecule has 1 N–H and O–H groups in total. The molecule has 0 saturated heterocycles. The maximum atomic E-state index is 13.0. The van der Waals surface area contributed by atoms with Crippen LogP contribution < -0.4 is 9.47 Å². The van der Waals surface area contributed by atoms with E-state index in [1.165, 1.54) is 7.11 Å². The Kier molecular flexibility index (Phi) is 8.68. The van der Waals surface area contributed by atoms with E-state index >= 15 is 0 Å². The molecule has 0 bridgehead atoms. The van der Waals surface area contributed by atoms with Gasteiger partial charge in [0.15, 0.2) is 0 Å². The van der Waals surface area contributed by atoms with E-state index in [1.54, 1.807) is 44.4 Å². The standard InChI is InChI=1S/C27H28BrNO6S/c1-7-35-26(32)22-23(30)21(13-16-12-18(28)20(34-6)14-19(16)33-5)36-25(22)29-24(31)15-8-10-17(11-9-15)27(2,3)4/h8-14,30H,7H2,1-6H3. The van der Waals surface area contributed by atoms with E-state index in [4.69, 9.17) is 14.2 Å². The van der Waals surface area contributed by atoms with Gasteiger partial charge in [0.05, 0.1) is 30.2 Å². The molecule has 1 amide bonds. The zero-order valence-electron chi connectivity index (χ0n) is 21.0. The lowest BCUT2D eigenvalue weighted by molar-refractivity contribution is -0.138. The van der Waals surface area contributed by atoms with Crippen molar-refractivity contribution >= 4 is 50.7 Å². The number of esters is 1. The van der Waals surface area contributed by atoms with Gasteiger partial charge >= 0.3 is 5.97 Å². The molecule has 0 spiro atoms. The highest BCUT2D eigenvalue weighted by atomic mass is 79.9. The molecular formula is C27H28BrNO6S. The van der Waals surface area contributed by atoms with E-state index in [2.05, 4.69) is 41.7 Å². The molecule has 0 saturated carbocycles. The van der Waals surface area contributed by atoms with Gasteiger partial charge < -0.3 is 19.3 Å². The molecule has 1 heterocycles. The van der Waals surface area contributed by atoms with Gasteiger partial charge in [0, 0.05) is 17.2 Å². The van der Waals surface area contributed by atoms with Crippen molar-refractivity contribution in [2.45, 2.75) is 33.1 Å². The van der Waals surface area contributed by atoms with Crippen molar-refractivity contribution in [3.8, 4) is 11.5 Å². The Morgan fingerprint density at radius 1 is 1.08 bits per heavy atom. The number of thioether (sulfide) groups is 1. The lowest BCUT2D eigenvalue weighted by Gasteiger charge is -2.18. The largest absolute Gasteiger partial charge is 0.506 e. The molecule has 36 heavy (non-hydrogen) atoms. The average Bonchev–Trinajstić information content (AvgIpc) is 3.13. The molecule has 0 fully saturated rings. The number of carbonyl (C=O) groups is 2. The number of rotatable bonds is 6. The fraction of sp³-hybridized carbons (Fsp3) is 0.296. The number of aliphatic hydroxyl groups excluding tert-OH is 1. The van der Waals surface area contributed by atoms with Crippen LogP contribution in [0.4, 0.5) is 0 Å². The van der Waals surface area contributed by atoms with Gasteiger partial charge in [-0.2, -0.15) is 0 Å². The van der Waals surface area contributed by atoms with Crippen molar-refractivity contribution in [2.24, 2.45) is 4.99 Å². The van der Waals surface area contributed by atoms with E-state index in [0.29, 0.717) is 32.0 Å². The Hall–Kier alpha value is -3.04. The molecule has 0 aromatic heterocycles. The van der Waals surface area contributed by atoms with Crippen LogP contribution in [0, 0.1) is 0 Å². The fourth-order valence-corrected chi connectivity index (χ4v) is 4.93. The van der Waals surface area contributed by atoms with E-state index in [1.807, 2.05) is 12.1 Å². The van der Waals surface area contributed by atoms with Crippen molar-refractivity contribution in [3.05, 3.63) is 73.8 Å². The molecule has 1 aliphatic heterocycles.